The van der Waals surface area contributed by atoms with Crippen molar-refractivity contribution in [3.05, 3.63) is 23.0 Å². The van der Waals surface area contributed by atoms with E-state index < -0.39 is 0 Å². The van der Waals surface area contributed by atoms with E-state index in [1.807, 2.05) is 12.7 Å². The van der Waals surface area contributed by atoms with Crippen molar-refractivity contribution in [3.8, 4) is 0 Å². The van der Waals surface area contributed by atoms with Gasteiger partial charge in [0.15, 0.2) is 0 Å². The van der Waals surface area contributed by atoms with Gasteiger partial charge in [-0.05, 0) is 79.6 Å². The fraction of sp³-hybridized carbons (Fsp3) is 0.818. The summed E-state index contributed by atoms with van der Waals surface area (Å²) in [6.07, 6.45) is 14.6. The summed E-state index contributed by atoms with van der Waals surface area (Å²) in [5, 5.41) is 0. The van der Waals surface area contributed by atoms with Crippen molar-refractivity contribution in [2.24, 2.45) is 28.6 Å². The fourth-order valence-corrected chi connectivity index (χ4v) is 6.99. The van der Waals surface area contributed by atoms with Crippen LogP contribution in [0.3, 0.4) is 0 Å². The predicted octanol–water partition coefficient (Wildman–Crippen LogP) is 6.26. The Morgan fingerprint density at radius 2 is 2.00 bits per heavy atom. The second kappa shape index (κ2) is 5.39. The van der Waals surface area contributed by atoms with Gasteiger partial charge in [0.1, 0.15) is 0 Å². The Balaban J connectivity index is 1.61. The number of fused-ring (bicyclic) bond motifs is 4. The summed E-state index contributed by atoms with van der Waals surface area (Å²) in [7, 11) is 1.83. The Morgan fingerprint density at radius 3 is 2.74 bits per heavy atom. The minimum atomic E-state index is 0.590. The molecule has 0 aliphatic heterocycles. The first-order chi connectivity index (χ1) is 11.0. The molecule has 0 N–H and O–H groups in total. The van der Waals surface area contributed by atoms with Crippen molar-refractivity contribution >= 4 is 0 Å². The highest BCUT2D eigenvalue weighted by Crippen LogP contribution is 2.68. The number of methoxy groups -OCH3 is 1. The molecule has 4 unspecified atom stereocenters. The van der Waals surface area contributed by atoms with E-state index in [1.165, 1.54) is 57.1 Å². The number of rotatable bonds is 2. The van der Waals surface area contributed by atoms with E-state index in [0.717, 1.165) is 24.2 Å². The van der Waals surface area contributed by atoms with Gasteiger partial charge in [0.2, 0.25) is 0 Å². The first kappa shape index (κ1) is 15.8. The van der Waals surface area contributed by atoms with Gasteiger partial charge in [-0.15, -0.1) is 0 Å². The number of ether oxygens (including phenoxy) is 1. The minimum Gasteiger partial charge on any atom is -0.501 e. The van der Waals surface area contributed by atoms with E-state index in [2.05, 4.69) is 26.8 Å². The standard InChI is InChI=1S/C22H34O/c1-5-21(2)12-11-20-19-8-6-15-14-16(23-4)7-9-17(15)18(19)10-13-22(20,21)3/h7,18-20H,5-6,8-14H2,1-4H3/t18?,19?,20?,21?,22-/m0/s1. The lowest BCUT2D eigenvalue weighted by Gasteiger charge is -2.55. The Bertz CT molecular complexity index is 556. The maximum absolute atomic E-state index is 5.53. The number of hydrogen-bond donors (Lipinski definition) is 0. The molecule has 4 rings (SSSR count). The second-order valence-corrected chi connectivity index (χ2v) is 9.21. The number of hydrogen-bond acceptors (Lipinski definition) is 1. The van der Waals surface area contributed by atoms with Crippen LogP contribution in [0.5, 0.6) is 0 Å². The Hall–Kier alpha value is -0.720. The van der Waals surface area contributed by atoms with Gasteiger partial charge in [0.05, 0.1) is 12.9 Å². The normalized spacial score (nSPS) is 45.9. The van der Waals surface area contributed by atoms with Crippen LogP contribution < -0.4 is 0 Å². The molecule has 0 amide bonds. The second-order valence-electron chi connectivity index (χ2n) is 9.21. The monoisotopic (exact) mass is 314 g/mol. The summed E-state index contributed by atoms with van der Waals surface area (Å²) in [4.78, 5) is 0. The summed E-state index contributed by atoms with van der Waals surface area (Å²) in [6, 6.07) is 0. The predicted molar refractivity (Wildman–Crippen MR) is 96.0 cm³/mol. The molecule has 0 aromatic carbocycles. The van der Waals surface area contributed by atoms with E-state index in [9.17, 15) is 0 Å². The van der Waals surface area contributed by atoms with Crippen LogP contribution in [0.1, 0.15) is 78.6 Å². The molecule has 0 spiro atoms. The molecule has 2 saturated carbocycles. The first-order valence-corrected chi connectivity index (χ1v) is 9.96. The van der Waals surface area contributed by atoms with E-state index in [1.54, 1.807) is 5.57 Å². The summed E-state index contributed by atoms with van der Waals surface area (Å²) in [5.74, 6) is 4.05. The van der Waals surface area contributed by atoms with Gasteiger partial charge in [0, 0.05) is 6.42 Å². The molecule has 1 nitrogen and oxygen atoms in total. The van der Waals surface area contributed by atoms with Crippen molar-refractivity contribution < 1.29 is 4.74 Å². The van der Waals surface area contributed by atoms with Crippen LogP contribution in [-0.2, 0) is 4.74 Å². The molecular weight excluding hydrogens is 280 g/mol. The lowest BCUT2D eigenvalue weighted by molar-refractivity contribution is -0.0297. The molecule has 2 fully saturated rings. The van der Waals surface area contributed by atoms with E-state index in [0.29, 0.717) is 10.8 Å². The molecule has 4 aliphatic rings. The van der Waals surface area contributed by atoms with Crippen LogP contribution in [0, 0.1) is 28.6 Å². The fourth-order valence-electron chi connectivity index (χ4n) is 6.99. The maximum Gasteiger partial charge on any atom is 0.0959 e. The zero-order chi connectivity index (χ0) is 16.2. The van der Waals surface area contributed by atoms with E-state index in [4.69, 9.17) is 4.74 Å². The summed E-state index contributed by atoms with van der Waals surface area (Å²) in [5.41, 5.74) is 4.76. The van der Waals surface area contributed by atoms with E-state index in [-0.39, 0.29) is 0 Å². The molecule has 0 radical (unpaired) electrons. The van der Waals surface area contributed by atoms with Crippen LogP contribution in [0.15, 0.2) is 23.0 Å². The third kappa shape index (κ3) is 2.11. The lowest BCUT2D eigenvalue weighted by Crippen LogP contribution is -2.46. The van der Waals surface area contributed by atoms with Gasteiger partial charge < -0.3 is 4.74 Å². The third-order valence-corrected chi connectivity index (χ3v) is 8.87. The number of allylic oxidation sites excluding steroid dienone is 3. The molecule has 128 valence electrons. The lowest BCUT2D eigenvalue weighted by atomic mass is 9.50. The third-order valence-electron chi connectivity index (χ3n) is 8.87. The molecule has 23 heavy (non-hydrogen) atoms. The Morgan fingerprint density at radius 1 is 1.17 bits per heavy atom. The van der Waals surface area contributed by atoms with E-state index >= 15 is 0 Å². The zero-order valence-electron chi connectivity index (χ0n) is 15.6. The van der Waals surface area contributed by atoms with Gasteiger partial charge in [-0.25, -0.2) is 0 Å². The average Bonchev–Trinajstić information content (AvgIpc) is 2.86. The topological polar surface area (TPSA) is 9.23 Å². The molecule has 4 aliphatic carbocycles. The van der Waals surface area contributed by atoms with Crippen LogP contribution in [0.2, 0.25) is 0 Å². The smallest absolute Gasteiger partial charge is 0.0959 e. The van der Waals surface area contributed by atoms with Crippen molar-refractivity contribution in [1.29, 1.82) is 0 Å². The van der Waals surface area contributed by atoms with Gasteiger partial charge >= 0.3 is 0 Å². The molecule has 1 heteroatoms. The molecule has 0 aromatic rings. The summed E-state index contributed by atoms with van der Waals surface area (Å²) < 4.78 is 5.53. The molecule has 0 bridgehead atoms. The summed E-state index contributed by atoms with van der Waals surface area (Å²) >= 11 is 0. The highest BCUT2D eigenvalue weighted by atomic mass is 16.5. The minimum absolute atomic E-state index is 0.590. The van der Waals surface area contributed by atoms with Gasteiger partial charge in [-0.2, -0.15) is 0 Å². The van der Waals surface area contributed by atoms with Crippen molar-refractivity contribution in [2.45, 2.75) is 78.6 Å². The SMILES string of the molecule is CCC1(C)CCC2C3CCC4=C(CC=C(OC)C4)C3CC[C@@]21C. The Kier molecular flexibility index (Phi) is 3.70. The first-order valence-electron chi connectivity index (χ1n) is 9.96. The van der Waals surface area contributed by atoms with Gasteiger partial charge in [-0.1, -0.05) is 38.3 Å². The quantitative estimate of drug-likeness (QED) is 0.547. The van der Waals surface area contributed by atoms with Crippen molar-refractivity contribution in [2.75, 3.05) is 7.11 Å². The average molecular weight is 315 g/mol. The van der Waals surface area contributed by atoms with Gasteiger partial charge in [0.25, 0.3) is 0 Å². The highest BCUT2D eigenvalue weighted by molar-refractivity contribution is 5.32. The zero-order valence-corrected chi connectivity index (χ0v) is 15.6. The maximum atomic E-state index is 5.53. The van der Waals surface area contributed by atoms with Crippen LogP contribution in [0.25, 0.3) is 0 Å². The van der Waals surface area contributed by atoms with Gasteiger partial charge in [-0.3, -0.25) is 0 Å². The largest absolute Gasteiger partial charge is 0.501 e. The molecule has 5 atom stereocenters. The van der Waals surface area contributed by atoms with Crippen LogP contribution >= 0.6 is 0 Å². The van der Waals surface area contributed by atoms with Crippen LogP contribution in [0.4, 0.5) is 0 Å². The molecular formula is C22H34O. The highest BCUT2D eigenvalue weighted by Gasteiger charge is 2.59. The molecule has 0 heterocycles. The molecule has 0 saturated heterocycles. The van der Waals surface area contributed by atoms with Crippen molar-refractivity contribution in [1.82, 2.24) is 0 Å². The van der Waals surface area contributed by atoms with Crippen LogP contribution in [-0.4, -0.2) is 7.11 Å². The van der Waals surface area contributed by atoms with Crippen molar-refractivity contribution in [3.63, 3.8) is 0 Å². The Labute approximate surface area is 142 Å². The molecule has 0 aromatic heterocycles. The summed E-state index contributed by atoms with van der Waals surface area (Å²) in [6.45, 7) is 7.67.